The van der Waals surface area contributed by atoms with Gasteiger partial charge in [-0.1, -0.05) is 12.1 Å². The van der Waals surface area contributed by atoms with Crippen molar-refractivity contribution in [2.75, 3.05) is 6.54 Å². The summed E-state index contributed by atoms with van der Waals surface area (Å²) in [5, 5.41) is 0. The first-order valence-corrected chi connectivity index (χ1v) is 6.65. The Bertz CT molecular complexity index is 449. The van der Waals surface area contributed by atoms with Crippen LogP contribution in [0.25, 0.3) is 0 Å². The summed E-state index contributed by atoms with van der Waals surface area (Å²) in [5.74, 6) is 0.738. The smallest absolute Gasteiger partial charge is 0.229 e. The van der Waals surface area contributed by atoms with Crippen LogP contribution in [-0.4, -0.2) is 29.4 Å². The normalized spacial score (nSPS) is 15.4. The van der Waals surface area contributed by atoms with E-state index in [1.807, 2.05) is 38.1 Å². The first kappa shape index (κ1) is 13.6. The third-order valence-electron chi connectivity index (χ3n) is 3.07. The van der Waals surface area contributed by atoms with E-state index in [9.17, 15) is 9.59 Å². The molecule has 102 valence electrons. The number of ether oxygens (including phenoxy) is 1. The summed E-state index contributed by atoms with van der Waals surface area (Å²) in [6, 6.07) is 7.79. The third-order valence-corrected chi connectivity index (χ3v) is 3.07. The Balaban J connectivity index is 1.89. The van der Waals surface area contributed by atoms with Crippen molar-refractivity contribution in [2.45, 2.75) is 39.2 Å². The summed E-state index contributed by atoms with van der Waals surface area (Å²) in [7, 11) is 0. The van der Waals surface area contributed by atoms with Crippen molar-refractivity contribution in [2.24, 2.45) is 0 Å². The van der Waals surface area contributed by atoms with Crippen molar-refractivity contribution < 1.29 is 14.3 Å². The standard InChI is InChI=1S/C15H19NO3/c1-11(2)19-13-5-3-12(4-6-13)9-10-16-14(17)7-8-15(16)18/h3-6,11H,7-10H2,1-2H3. The molecule has 4 nitrogen and oxygen atoms in total. The van der Waals surface area contributed by atoms with Gasteiger partial charge in [0.05, 0.1) is 6.10 Å². The Labute approximate surface area is 113 Å². The molecule has 2 rings (SSSR count). The monoisotopic (exact) mass is 261 g/mol. The van der Waals surface area contributed by atoms with E-state index in [2.05, 4.69) is 0 Å². The highest BCUT2D eigenvalue weighted by molar-refractivity contribution is 6.01. The molecule has 0 unspecified atom stereocenters. The fourth-order valence-electron chi connectivity index (χ4n) is 2.12. The Kier molecular flexibility index (Phi) is 4.20. The number of carbonyl (C=O) groups excluding carboxylic acids is 2. The molecule has 1 aliphatic rings. The van der Waals surface area contributed by atoms with Gasteiger partial charge in [-0.2, -0.15) is 0 Å². The first-order valence-electron chi connectivity index (χ1n) is 6.65. The van der Waals surface area contributed by atoms with Crippen LogP contribution < -0.4 is 4.74 Å². The SMILES string of the molecule is CC(C)Oc1ccc(CCN2C(=O)CCC2=O)cc1. The topological polar surface area (TPSA) is 46.6 Å². The predicted molar refractivity (Wildman–Crippen MR) is 71.9 cm³/mol. The molecule has 1 aliphatic heterocycles. The molecule has 0 aromatic heterocycles. The third kappa shape index (κ3) is 3.56. The summed E-state index contributed by atoms with van der Waals surface area (Å²) < 4.78 is 5.56. The van der Waals surface area contributed by atoms with Crippen LogP contribution in [0.3, 0.4) is 0 Å². The van der Waals surface area contributed by atoms with Gasteiger partial charge in [-0.15, -0.1) is 0 Å². The number of imide groups is 1. The summed E-state index contributed by atoms with van der Waals surface area (Å²) >= 11 is 0. The van der Waals surface area contributed by atoms with Crippen molar-refractivity contribution in [3.63, 3.8) is 0 Å². The van der Waals surface area contributed by atoms with Gasteiger partial charge in [-0.25, -0.2) is 0 Å². The number of hydrogen-bond acceptors (Lipinski definition) is 3. The van der Waals surface area contributed by atoms with Gasteiger partial charge in [0.2, 0.25) is 11.8 Å². The number of amides is 2. The highest BCUT2D eigenvalue weighted by Gasteiger charge is 2.27. The lowest BCUT2D eigenvalue weighted by Gasteiger charge is -2.14. The van der Waals surface area contributed by atoms with Crippen LogP contribution in [0.1, 0.15) is 32.3 Å². The largest absolute Gasteiger partial charge is 0.491 e. The highest BCUT2D eigenvalue weighted by atomic mass is 16.5. The molecule has 0 aliphatic carbocycles. The van der Waals surface area contributed by atoms with Crippen molar-refractivity contribution in [3.8, 4) is 5.75 Å². The molecule has 1 saturated heterocycles. The van der Waals surface area contributed by atoms with Crippen molar-refractivity contribution in [3.05, 3.63) is 29.8 Å². The summed E-state index contributed by atoms with van der Waals surface area (Å²) in [5.41, 5.74) is 1.10. The van der Waals surface area contributed by atoms with Gasteiger partial charge in [0.25, 0.3) is 0 Å². The van der Waals surface area contributed by atoms with Crippen molar-refractivity contribution in [1.82, 2.24) is 4.90 Å². The van der Waals surface area contributed by atoms with Gasteiger partial charge in [-0.05, 0) is 38.0 Å². The molecule has 0 saturated carbocycles. The minimum Gasteiger partial charge on any atom is -0.491 e. The Morgan fingerprint density at radius 1 is 1.11 bits per heavy atom. The van der Waals surface area contributed by atoms with E-state index in [0.717, 1.165) is 11.3 Å². The van der Waals surface area contributed by atoms with E-state index in [1.165, 1.54) is 4.90 Å². The molecular formula is C15H19NO3. The fourth-order valence-corrected chi connectivity index (χ4v) is 2.12. The Morgan fingerprint density at radius 2 is 1.68 bits per heavy atom. The number of benzene rings is 1. The number of rotatable bonds is 5. The molecule has 0 radical (unpaired) electrons. The molecule has 1 fully saturated rings. The summed E-state index contributed by atoms with van der Waals surface area (Å²) in [4.78, 5) is 24.3. The minimum absolute atomic E-state index is 0.0511. The molecule has 0 atom stereocenters. The van der Waals surface area contributed by atoms with Crippen LogP contribution >= 0.6 is 0 Å². The van der Waals surface area contributed by atoms with Crippen molar-refractivity contribution >= 4 is 11.8 Å². The number of likely N-dealkylation sites (tertiary alicyclic amines) is 1. The molecule has 0 bridgehead atoms. The zero-order valence-electron chi connectivity index (χ0n) is 11.4. The fraction of sp³-hybridized carbons (Fsp3) is 0.467. The molecule has 1 heterocycles. The summed E-state index contributed by atoms with van der Waals surface area (Å²) in [6.07, 6.45) is 1.57. The zero-order chi connectivity index (χ0) is 13.8. The predicted octanol–water partition coefficient (Wildman–Crippen LogP) is 2.17. The first-order chi connectivity index (χ1) is 9.06. The average molecular weight is 261 g/mol. The molecule has 1 aromatic carbocycles. The van der Waals surface area contributed by atoms with Crippen LogP contribution in [-0.2, 0) is 16.0 Å². The number of nitrogens with zero attached hydrogens (tertiary/aromatic N) is 1. The maximum absolute atomic E-state index is 11.5. The van der Waals surface area contributed by atoms with Gasteiger partial charge < -0.3 is 4.74 Å². The van der Waals surface area contributed by atoms with Gasteiger partial charge in [0.1, 0.15) is 5.75 Å². The van der Waals surface area contributed by atoms with Crippen LogP contribution in [0.2, 0.25) is 0 Å². The lowest BCUT2D eigenvalue weighted by atomic mass is 10.1. The van der Waals surface area contributed by atoms with E-state index in [0.29, 0.717) is 25.8 Å². The van der Waals surface area contributed by atoms with E-state index in [1.54, 1.807) is 0 Å². The molecule has 2 amide bonds. The van der Waals surface area contributed by atoms with E-state index in [4.69, 9.17) is 4.74 Å². The van der Waals surface area contributed by atoms with Crippen molar-refractivity contribution in [1.29, 1.82) is 0 Å². The molecule has 19 heavy (non-hydrogen) atoms. The van der Waals surface area contributed by atoms with Crippen LogP contribution in [0.5, 0.6) is 5.75 Å². The zero-order valence-corrected chi connectivity index (χ0v) is 11.4. The van der Waals surface area contributed by atoms with Gasteiger partial charge >= 0.3 is 0 Å². The van der Waals surface area contributed by atoms with Gasteiger partial charge in [-0.3, -0.25) is 14.5 Å². The summed E-state index contributed by atoms with van der Waals surface area (Å²) in [6.45, 7) is 4.44. The second-order valence-electron chi connectivity index (χ2n) is 5.00. The van der Waals surface area contributed by atoms with Crippen LogP contribution in [0.4, 0.5) is 0 Å². The highest BCUT2D eigenvalue weighted by Crippen LogP contribution is 2.16. The van der Waals surface area contributed by atoms with E-state index in [-0.39, 0.29) is 17.9 Å². The molecule has 4 heteroatoms. The number of carbonyl (C=O) groups is 2. The maximum Gasteiger partial charge on any atom is 0.229 e. The second kappa shape index (κ2) is 5.87. The van der Waals surface area contributed by atoms with Gasteiger partial charge in [0.15, 0.2) is 0 Å². The molecule has 1 aromatic rings. The lowest BCUT2D eigenvalue weighted by molar-refractivity contribution is -0.138. The van der Waals surface area contributed by atoms with E-state index >= 15 is 0 Å². The average Bonchev–Trinajstić information content (AvgIpc) is 2.68. The van der Waals surface area contributed by atoms with Gasteiger partial charge in [0, 0.05) is 19.4 Å². The minimum atomic E-state index is -0.0511. The maximum atomic E-state index is 11.5. The molecule has 0 N–H and O–H groups in total. The lowest BCUT2D eigenvalue weighted by Crippen LogP contribution is -2.31. The van der Waals surface area contributed by atoms with Crippen LogP contribution in [0, 0.1) is 0 Å². The quantitative estimate of drug-likeness (QED) is 0.763. The van der Waals surface area contributed by atoms with E-state index < -0.39 is 0 Å². The number of hydrogen-bond donors (Lipinski definition) is 0. The Morgan fingerprint density at radius 3 is 2.21 bits per heavy atom. The Hall–Kier alpha value is -1.84. The molecular weight excluding hydrogens is 242 g/mol. The second-order valence-corrected chi connectivity index (χ2v) is 5.00. The molecule has 0 spiro atoms. The van der Waals surface area contributed by atoms with Crippen LogP contribution in [0.15, 0.2) is 24.3 Å².